The summed E-state index contributed by atoms with van der Waals surface area (Å²) >= 11 is 5.77. The number of benzene rings is 2. The third-order valence-electron chi connectivity index (χ3n) is 3.82. The number of nitrogens with zero attached hydrogens (tertiary/aromatic N) is 3. The first-order chi connectivity index (χ1) is 10.8. The summed E-state index contributed by atoms with van der Waals surface area (Å²) in [5.74, 6) is 0. The van der Waals surface area contributed by atoms with Crippen molar-refractivity contribution in [3.05, 3.63) is 60.7 Å². The maximum Gasteiger partial charge on any atom is 0.182 e. The first-order valence-electron chi connectivity index (χ1n) is 7.71. The van der Waals surface area contributed by atoms with Gasteiger partial charge in [-0.3, -0.25) is 4.90 Å². The maximum atomic E-state index is 5.77. The predicted octanol–water partition coefficient (Wildman–Crippen LogP) is 3.93. The van der Waals surface area contributed by atoms with Gasteiger partial charge >= 0.3 is 0 Å². The third kappa shape index (κ3) is 3.13. The highest BCUT2D eigenvalue weighted by Gasteiger charge is 2.28. The molecule has 0 amide bonds. The monoisotopic (exact) mass is 311 g/mol. The molecule has 22 heavy (non-hydrogen) atoms. The average molecular weight is 311 g/mol. The molecule has 3 nitrogen and oxygen atoms in total. The lowest BCUT2D eigenvalue weighted by molar-refractivity contribution is 0.278. The summed E-state index contributed by atoms with van der Waals surface area (Å²) in [4.78, 5) is 6.85. The van der Waals surface area contributed by atoms with E-state index in [0.29, 0.717) is 0 Å². The lowest BCUT2D eigenvalue weighted by atomic mass is 10.2. The standard InChI is InChI=1S/C18H21N3S/c1-2-13-19-14-20(16-9-5-3-6-10-16)18(22)21(15-19)17-11-7-4-8-12-17/h3-12H,2,13-15H2,1H3. The van der Waals surface area contributed by atoms with E-state index in [0.717, 1.165) is 42.8 Å². The Labute approximate surface area is 137 Å². The van der Waals surface area contributed by atoms with E-state index < -0.39 is 0 Å². The number of hydrogen-bond donors (Lipinski definition) is 0. The van der Waals surface area contributed by atoms with Crippen molar-refractivity contribution < 1.29 is 0 Å². The largest absolute Gasteiger partial charge is 0.305 e. The summed E-state index contributed by atoms with van der Waals surface area (Å²) in [6.45, 7) is 4.97. The molecule has 0 spiro atoms. The van der Waals surface area contributed by atoms with Gasteiger partial charge in [-0.25, -0.2) is 0 Å². The second-order valence-electron chi connectivity index (χ2n) is 5.49. The average Bonchev–Trinajstić information content (AvgIpc) is 2.58. The molecule has 1 aliphatic rings. The topological polar surface area (TPSA) is 9.72 Å². The van der Waals surface area contributed by atoms with Gasteiger partial charge in [0.05, 0.1) is 13.3 Å². The van der Waals surface area contributed by atoms with Crippen molar-refractivity contribution in [1.29, 1.82) is 0 Å². The minimum Gasteiger partial charge on any atom is -0.305 e. The van der Waals surface area contributed by atoms with Crippen molar-refractivity contribution in [2.75, 3.05) is 29.7 Å². The van der Waals surface area contributed by atoms with Crippen LogP contribution in [-0.2, 0) is 0 Å². The number of anilines is 2. The molecular weight excluding hydrogens is 290 g/mol. The van der Waals surface area contributed by atoms with Crippen molar-refractivity contribution >= 4 is 28.7 Å². The molecule has 0 atom stereocenters. The Balaban J connectivity index is 1.92. The Morgan fingerprint density at radius 3 is 1.68 bits per heavy atom. The van der Waals surface area contributed by atoms with Gasteiger partial charge in [-0.2, -0.15) is 0 Å². The van der Waals surface area contributed by atoms with Crippen LogP contribution in [0.2, 0.25) is 0 Å². The molecular formula is C18H21N3S. The Morgan fingerprint density at radius 2 is 1.27 bits per heavy atom. The van der Waals surface area contributed by atoms with Gasteiger partial charge in [0.1, 0.15) is 0 Å². The molecule has 3 rings (SSSR count). The van der Waals surface area contributed by atoms with Crippen LogP contribution in [0.4, 0.5) is 11.4 Å². The first kappa shape index (κ1) is 15.0. The van der Waals surface area contributed by atoms with E-state index in [2.05, 4.69) is 70.2 Å². The number of thiocarbonyl (C=S) groups is 1. The van der Waals surface area contributed by atoms with E-state index in [1.807, 2.05) is 12.1 Å². The zero-order valence-corrected chi connectivity index (χ0v) is 13.7. The van der Waals surface area contributed by atoms with Gasteiger partial charge < -0.3 is 9.80 Å². The van der Waals surface area contributed by atoms with E-state index >= 15 is 0 Å². The molecule has 0 N–H and O–H groups in total. The Kier molecular flexibility index (Phi) is 4.71. The van der Waals surface area contributed by atoms with E-state index in [1.165, 1.54) is 0 Å². The number of hydrogen-bond acceptors (Lipinski definition) is 2. The maximum absolute atomic E-state index is 5.77. The van der Waals surface area contributed by atoms with E-state index in [9.17, 15) is 0 Å². The van der Waals surface area contributed by atoms with Crippen LogP contribution in [0, 0.1) is 0 Å². The fraction of sp³-hybridized carbons (Fsp3) is 0.278. The second kappa shape index (κ2) is 6.90. The molecule has 0 aromatic heterocycles. The molecule has 0 bridgehead atoms. The van der Waals surface area contributed by atoms with Crippen LogP contribution in [0.15, 0.2) is 60.7 Å². The van der Waals surface area contributed by atoms with Crippen LogP contribution in [0.3, 0.4) is 0 Å². The highest BCUT2D eigenvalue weighted by atomic mass is 32.1. The van der Waals surface area contributed by atoms with Gasteiger partial charge in [-0.15, -0.1) is 0 Å². The van der Waals surface area contributed by atoms with Gasteiger partial charge in [-0.1, -0.05) is 43.3 Å². The molecule has 1 heterocycles. The van der Waals surface area contributed by atoms with E-state index in [4.69, 9.17) is 12.2 Å². The van der Waals surface area contributed by atoms with Crippen LogP contribution < -0.4 is 9.80 Å². The molecule has 0 radical (unpaired) electrons. The second-order valence-corrected chi connectivity index (χ2v) is 5.85. The summed E-state index contributed by atoms with van der Waals surface area (Å²) < 4.78 is 0. The summed E-state index contributed by atoms with van der Waals surface area (Å²) in [5, 5.41) is 0.866. The summed E-state index contributed by atoms with van der Waals surface area (Å²) in [6.07, 6.45) is 1.14. The lowest BCUT2D eigenvalue weighted by Crippen LogP contribution is -2.58. The zero-order chi connectivity index (χ0) is 15.4. The summed E-state index contributed by atoms with van der Waals surface area (Å²) in [5.41, 5.74) is 2.29. The van der Waals surface area contributed by atoms with Crippen molar-refractivity contribution in [2.45, 2.75) is 13.3 Å². The Bertz CT molecular complexity index is 563. The molecule has 2 aromatic rings. The quantitative estimate of drug-likeness (QED) is 0.791. The Morgan fingerprint density at radius 1 is 0.818 bits per heavy atom. The molecule has 0 saturated carbocycles. The van der Waals surface area contributed by atoms with E-state index in [1.54, 1.807) is 0 Å². The lowest BCUT2D eigenvalue weighted by Gasteiger charge is -2.44. The van der Waals surface area contributed by atoms with Crippen molar-refractivity contribution in [3.63, 3.8) is 0 Å². The molecule has 1 fully saturated rings. The fourth-order valence-corrected chi connectivity index (χ4v) is 3.10. The van der Waals surface area contributed by atoms with Gasteiger partial charge in [0.15, 0.2) is 5.11 Å². The van der Waals surface area contributed by atoms with Crippen molar-refractivity contribution in [3.8, 4) is 0 Å². The SMILES string of the molecule is CCCN1CN(c2ccccc2)C(=S)N(c2ccccc2)C1. The van der Waals surface area contributed by atoms with Crippen LogP contribution in [0.1, 0.15) is 13.3 Å². The molecule has 0 aliphatic carbocycles. The third-order valence-corrected chi connectivity index (χ3v) is 4.26. The molecule has 1 aliphatic heterocycles. The van der Waals surface area contributed by atoms with Gasteiger partial charge in [-0.05, 0) is 42.9 Å². The van der Waals surface area contributed by atoms with Crippen molar-refractivity contribution in [1.82, 2.24) is 4.90 Å². The minimum absolute atomic E-state index is 0.847. The predicted molar refractivity (Wildman–Crippen MR) is 97.2 cm³/mol. The highest BCUT2D eigenvalue weighted by molar-refractivity contribution is 7.80. The zero-order valence-electron chi connectivity index (χ0n) is 12.9. The van der Waals surface area contributed by atoms with Gasteiger partial charge in [0.2, 0.25) is 0 Å². The molecule has 114 valence electrons. The summed E-state index contributed by atoms with van der Waals surface area (Å²) in [6, 6.07) is 20.8. The van der Waals surface area contributed by atoms with Crippen molar-refractivity contribution in [2.24, 2.45) is 0 Å². The first-order valence-corrected chi connectivity index (χ1v) is 8.12. The smallest absolute Gasteiger partial charge is 0.182 e. The Hall–Kier alpha value is -1.91. The van der Waals surface area contributed by atoms with Gasteiger partial charge in [0, 0.05) is 17.9 Å². The van der Waals surface area contributed by atoms with Crippen LogP contribution >= 0.6 is 12.2 Å². The number of rotatable bonds is 4. The molecule has 0 unspecified atom stereocenters. The fourth-order valence-electron chi connectivity index (χ4n) is 2.77. The highest BCUT2D eigenvalue weighted by Crippen LogP contribution is 2.24. The van der Waals surface area contributed by atoms with Crippen LogP contribution in [0.5, 0.6) is 0 Å². The summed E-state index contributed by atoms with van der Waals surface area (Å²) in [7, 11) is 0. The number of para-hydroxylation sites is 2. The van der Waals surface area contributed by atoms with Crippen LogP contribution in [-0.4, -0.2) is 29.9 Å². The van der Waals surface area contributed by atoms with E-state index in [-0.39, 0.29) is 0 Å². The molecule has 4 heteroatoms. The minimum atomic E-state index is 0.847. The molecule has 1 saturated heterocycles. The normalized spacial score (nSPS) is 16.1. The molecule has 2 aromatic carbocycles. The van der Waals surface area contributed by atoms with Crippen LogP contribution in [0.25, 0.3) is 0 Å². The van der Waals surface area contributed by atoms with Gasteiger partial charge in [0.25, 0.3) is 0 Å².